The number of fused-ring (bicyclic) bond motifs is 1. The van der Waals surface area contributed by atoms with Gasteiger partial charge in [0.15, 0.2) is 0 Å². The summed E-state index contributed by atoms with van der Waals surface area (Å²) in [6.45, 7) is 5.24. The van der Waals surface area contributed by atoms with Crippen molar-refractivity contribution in [2.75, 3.05) is 5.75 Å². The molecule has 4 rings (SSSR count). The van der Waals surface area contributed by atoms with Gasteiger partial charge in [-0.3, -0.25) is 9.78 Å². The molecule has 1 N–H and O–H groups in total. The molecular formula is C27H31N5OS. The molecule has 7 heteroatoms. The van der Waals surface area contributed by atoms with Crippen LogP contribution in [0.2, 0.25) is 0 Å². The van der Waals surface area contributed by atoms with Crippen molar-refractivity contribution in [1.29, 1.82) is 0 Å². The smallest absolute Gasteiger partial charge is 0.272 e. The number of nitrogens with zero attached hydrogens (tertiary/aromatic N) is 4. The first-order valence-electron chi connectivity index (χ1n) is 11.9. The van der Waals surface area contributed by atoms with Crippen molar-refractivity contribution in [1.82, 2.24) is 24.8 Å². The van der Waals surface area contributed by atoms with Gasteiger partial charge in [-0.25, -0.2) is 9.97 Å². The zero-order chi connectivity index (χ0) is 23.8. The fourth-order valence-electron chi connectivity index (χ4n) is 3.96. The Morgan fingerprint density at radius 1 is 1.09 bits per heavy atom. The highest BCUT2D eigenvalue weighted by Gasteiger charge is 2.24. The van der Waals surface area contributed by atoms with Crippen LogP contribution in [0.3, 0.4) is 0 Å². The minimum atomic E-state index is -0.298. The largest absolute Gasteiger partial charge is 0.340 e. The van der Waals surface area contributed by atoms with Crippen LogP contribution >= 0.6 is 11.8 Å². The summed E-state index contributed by atoms with van der Waals surface area (Å²) >= 11 is 1.85. The molecule has 2 heterocycles. The first-order chi connectivity index (χ1) is 16.7. The number of unbranched alkanes of at least 4 members (excludes halogenated alkanes) is 1. The van der Waals surface area contributed by atoms with E-state index in [1.807, 2.05) is 30.0 Å². The summed E-state index contributed by atoms with van der Waals surface area (Å²) in [5.74, 6) is 1.71. The third-order valence-electron chi connectivity index (χ3n) is 5.65. The van der Waals surface area contributed by atoms with E-state index in [1.54, 1.807) is 6.20 Å². The van der Waals surface area contributed by atoms with Crippen molar-refractivity contribution in [3.05, 3.63) is 84.2 Å². The Kier molecular flexibility index (Phi) is 8.31. The van der Waals surface area contributed by atoms with E-state index in [-0.39, 0.29) is 11.9 Å². The zero-order valence-electron chi connectivity index (χ0n) is 19.8. The van der Waals surface area contributed by atoms with E-state index < -0.39 is 0 Å². The van der Waals surface area contributed by atoms with E-state index in [4.69, 9.17) is 4.98 Å². The highest BCUT2D eigenvalue weighted by atomic mass is 32.2. The molecule has 0 bridgehead atoms. The molecule has 1 amide bonds. The molecule has 0 aliphatic rings. The molecule has 4 aromatic rings. The van der Waals surface area contributed by atoms with Crippen LogP contribution in [0, 0.1) is 0 Å². The zero-order valence-corrected chi connectivity index (χ0v) is 20.6. The number of hydrogen-bond acceptors (Lipinski definition) is 5. The molecule has 0 spiro atoms. The monoisotopic (exact) mass is 473 g/mol. The Hall–Kier alpha value is -3.19. The van der Waals surface area contributed by atoms with E-state index in [9.17, 15) is 4.79 Å². The Balaban J connectivity index is 1.75. The molecule has 2 aromatic heterocycles. The van der Waals surface area contributed by atoms with Crippen LogP contribution in [-0.4, -0.2) is 31.2 Å². The van der Waals surface area contributed by atoms with E-state index >= 15 is 0 Å². The first kappa shape index (κ1) is 24.0. The molecule has 0 aliphatic heterocycles. The number of amides is 1. The van der Waals surface area contributed by atoms with Crippen molar-refractivity contribution < 1.29 is 4.79 Å². The minimum Gasteiger partial charge on any atom is -0.340 e. The van der Waals surface area contributed by atoms with Crippen LogP contribution in [0.4, 0.5) is 0 Å². The summed E-state index contributed by atoms with van der Waals surface area (Å²) in [5.41, 5.74) is 3.52. The van der Waals surface area contributed by atoms with Gasteiger partial charge in [0.2, 0.25) is 0 Å². The molecule has 0 saturated carbocycles. The maximum Gasteiger partial charge on any atom is 0.272 e. The van der Waals surface area contributed by atoms with Gasteiger partial charge < -0.3 is 9.88 Å². The number of carbonyl (C=O) groups is 1. The van der Waals surface area contributed by atoms with E-state index in [2.05, 4.69) is 64.0 Å². The summed E-state index contributed by atoms with van der Waals surface area (Å²) < 4.78 is 2.28. The molecule has 34 heavy (non-hydrogen) atoms. The predicted molar refractivity (Wildman–Crippen MR) is 138 cm³/mol. The van der Waals surface area contributed by atoms with Gasteiger partial charge >= 0.3 is 0 Å². The van der Waals surface area contributed by atoms with Crippen molar-refractivity contribution in [3.8, 4) is 0 Å². The molecule has 0 saturated heterocycles. The average molecular weight is 474 g/mol. The maximum atomic E-state index is 13.1. The van der Waals surface area contributed by atoms with Crippen LogP contribution in [0.1, 0.15) is 61.0 Å². The van der Waals surface area contributed by atoms with Crippen LogP contribution in [0.25, 0.3) is 11.0 Å². The lowest BCUT2D eigenvalue weighted by Crippen LogP contribution is -2.32. The SMILES string of the molecule is CCCCn1c(C(Cc2ccccc2)NC(=O)c2cnccn2)nc2cc(SCCC)ccc21. The van der Waals surface area contributed by atoms with E-state index in [0.29, 0.717) is 12.1 Å². The predicted octanol–water partition coefficient (Wildman–Crippen LogP) is 5.84. The molecule has 0 radical (unpaired) electrons. The normalized spacial score (nSPS) is 12.1. The van der Waals surface area contributed by atoms with Crippen LogP contribution < -0.4 is 5.32 Å². The molecule has 6 nitrogen and oxygen atoms in total. The number of aryl methyl sites for hydroxylation is 1. The lowest BCUT2D eigenvalue weighted by molar-refractivity contribution is 0.0928. The maximum absolute atomic E-state index is 13.1. The second kappa shape index (κ2) is 11.8. The second-order valence-electron chi connectivity index (χ2n) is 8.28. The van der Waals surface area contributed by atoms with Crippen LogP contribution in [0.15, 0.2) is 72.0 Å². The van der Waals surface area contributed by atoms with Gasteiger partial charge in [0.25, 0.3) is 5.91 Å². The Labute approximate surface area is 205 Å². The number of thioether (sulfide) groups is 1. The molecule has 1 atom stereocenters. The molecular weight excluding hydrogens is 442 g/mol. The fourth-order valence-corrected chi connectivity index (χ4v) is 4.76. The lowest BCUT2D eigenvalue weighted by atomic mass is 10.0. The topological polar surface area (TPSA) is 72.7 Å². The summed E-state index contributed by atoms with van der Waals surface area (Å²) in [6, 6.07) is 16.4. The van der Waals surface area contributed by atoms with Gasteiger partial charge in [0.05, 0.1) is 23.3 Å². The van der Waals surface area contributed by atoms with E-state index in [1.165, 1.54) is 17.3 Å². The number of hydrogen-bond donors (Lipinski definition) is 1. The van der Waals surface area contributed by atoms with Gasteiger partial charge in [-0.1, -0.05) is 50.6 Å². The van der Waals surface area contributed by atoms with Gasteiger partial charge in [-0.15, -0.1) is 11.8 Å². The highest BCUT2D eigenvalue weighted by Crippen LogP contribution is 2.28. The summed E-state index contributed by atoms with van der Waals surface area (Å²) in [4.78, 5) is 27.6. The van der Waals surface area contributed by atoms with Crippen molar-refractivity contribution in [2.24, 2.45) is 0 Å². The molecule has 0 aliphatic carbocycles. The number of benzene rings is 2. The van der Waals surface area contributed by atoms with Gasteiger partial charge in [0.1, 0.15) is 11.5 Å². The van der Waals surface area contributed by atoms with Crippen LogP contribution in [-0.2, 0) is 13.0 Å². The molecule has 2 aromatic carbocycles. The van der Waals surface area contributed by atoms with Crippen molar-refractivity contribution >= 4 is 28.7 Å². The quantitative estimate of drug-likeness (QED) is 0.277. The third kappa shape index (κ3) is 5.83. The highest BCUT2D eigenvalue weighted by molar-refractivity contribution is 7.99. The van der Waals surface area contributed by atoms with Gasteiger partial charge in [-0.2, -0.15) is 0 Å². The number of nitrogens with one attached hydrogen (secondary N) is 1. The average Bonchev–Trinajstić information content (AvgIpc) is 3.24. The summed E-state index contributed by atoms with van der Waals surface area (Å²) in [5, 5.41) is 3.19. The number of rotatable bonds is 11. The molecule has 1 unspecified atom stereocenters. The molecule has 176 valence electrons. The Morgan fingerprint density at radius 3 is 2.68 bits per heavy atom. The molecule has 0 fully saturated rings. The number of carbonyl (C=O) groups excluding carboxylic acids is 1. The lowest BCUT2D eigenvalue weighted by Gasteiger charge is -2.20. The standard InChI is InChI=1S/C27H31N5OS/c1-3-5-15-32-25-12-11-21(34-16-4-2)18-22(25)30-26(32)23(17-20-9-7-6-8-10-20)31-27(33)24-19-28-13-14-29-24/h6-14,18-19,23H,3-5,15-17H2,1-2H3,(H,31,33). The van der Waals surface area contributed by atoms with Gasteiger partial charge in [0, 0.05) is 23.8 Å². The second-order valence-corrected chi connectivity index (χ2v) is 9.45. The van der Waals surface area contributed by atoms with Crippen molar-refractivity contribution in [3.63, 3.8) is 0 Å². The third-order valence-corrected chi connectivity index (χ3v) is 6.85. The number of imidazole rings is 1. The minimum absolute atomic E-state index is 0.248. The first-order valence-corrected chi connectivity index (χ1v) is 12.9. The number of aromatic nitrogens is 4. The Bertz CT molecular complexity index is 1210. The van der Waals surface area contributed by atoms with Crippen molar-refractivity contribution in [2.45, 2.75) is 57.0 Å². The fraction of sp³-hybridized carbons (Fsp3) is 0.333. The van der Waals surface area contributed by atoms with Crippen LogP contribution in [0.5, 0.6) is 0 Å². The van der Waals surface area contributed by atoms with Gasteiger partial charge in [-0.05, 0) is 48.8 Å². The Morgan fingerprint density at radius 2 is 1.94 bits per heavy atom. The van der Waals surface area contributed by atoms with E-state index in [0.717, 1.165) is 54.0 Å². The summed E-state index contributed by atoms with van der Waals surface area (Å²) in [6.07, 6.45) is 8.49. The summed E-state index contributed by atoms with van der Waals surface area (Å²) in [7, 11) is 0.